The molecule has 0 radical (unpaired) electrons. The van der Waals surface area contributed by atoms with Crippen LogP contribution in [0.2, 0.25) is 5.02 Å². The van der Waals surface area contributed by atoms with Crippen molar-refractivity contribution < 1.29 is 0 Å². The Labute approximate surface area is 109 Å². The number of fused-ring (bicyclic) bond motifs is 1. The van der Waals surface area contributed by atoms with E-state index >= 15 is 0 Å². The molecule has 1 aromatic rings. The summed E-state index contributed by atoms with van der Waals surface area (Å²) < 4.78 is 0. The summed E-state index contributed by atoms with van der Waals surface area (Å²) >= 11 is 6.07. The molecule has 0 fully saturated rings. The highest BCUT2D eigenvalue weighted by molar-refractivity contribution is 6.30. The topological polar surface area (TPSA) is 15.3 Å². The first kappa shape index (κ1) is 12.7. The monoisotopic (exact) mass is 252 g/mol. The summed E-state index contributed by atoms with van der Waals surface area (Å²) in [7, 11) is 2.01. The number of benzene rings is 1. The van der Waals surface area contributed by atoms with E-state index in [2.05, 4.69) is 36.2 Å². The van der Waals surface area contributed by atoms with Crippen molar-refractivity contribution in [3.63, 3.8) is 0 Å². The highest BCUT2D eigenvalue weighted by Gasteiger charge is 2.30. The first-order chi connectivity index (χ1) is 8.13. The molecule has 0 aromatic heterocycles. The maximum absolute atomic E-state index is 6.07. The number of nitrogens with one attached hydrogen (secondary N) is 1. The van der Waals surface area contributed by atoms with E-state index in [1.807, 2.05) is 13.1 Å². The molecule has 1 aliphatic rings. The molecule has 0 spiro atoms. The van der Waals surface area contributed by atoms with Crippen LogP contribution in [0.1, 0.15) is 25.8 Å². The van der Waals surface area contributed by atoms with Crippen LogP contribution in [0.3, 0.4) is 0 Å². The zero-order valence-electron chi connectivity index (χ0n) is 10.8. The van der Waals surface area contributed by atoms with Gasteiger partial charge in [-0.05, 0) is 64.0 Å². The summed E-state index contributed by atoms with van der Waals surface area (Å²) in [6.07, 6.45) is 2.30. The number of rotatable bonds is 4. The number of halogens is 1. The molecular formula is C14H21ClN2. The predicted octanol–water partition coefficient (Wildman–Crippen LogP) is 3.09. The maximum Gasteiger partial charge on any atom is 0.0410 e. The van der Waals surface area contributed by atoms with E-state index in [1.165, 1.54) is 17.7 Å². The van der Waals surface area contributed by atoms with Crippen molar-refractivity contribution in [2.75, 3.05) is 18.5 Å². The summed E-state index contributed by atoms with van der Waals surface area (Å²) in [5.41, 5.74) is 2.76. The second-order valence-electron chi connectivity index (χ2n) is 5.02. The minimum atomic E-state index is 0.541. The van der Waals surface area contributed by atoms with Gasteiger partial charge in [0.05, 0.1) is 0 Å². The lowest BCUT2D eigenvalue weighted by Crippen LogP contribution is -2.39. The summed E-state index contributed by atoms with van der Waals surface area (Å²) in [6.45, 7) is 5.59. The zero-order chi connectivity index (χ0) is 12.4. The summed E-state index contributed by atoms with van der Waals surface area (Å²) in [5.74, 6) is 0. The fraction of sp³-hybridized carbons (Fsp3) is 0.571. The molecule has 0 bridgehead atoms. The molecule has 0 aliphatic carbocycles. The van der Waals surface area contributed by atoms with E-state index in [4.69, 9.17) is 11.6 Å². The van der Waals surface area contributed by atoms with Gasteiger partial charge in [0.2, 0.25) is 0 Å². The van der Waals surface area contributed by atoms with Gasteiger partial charge in [0.15, 0.2) is 0 Å². The van der Waals surface area contributed by atoms with Gasteiger partial charge >= 0.3 is 0 Å². The van der Waals surface area contributed by atoms with Crippen molar-refractivity contribution in [3.8, 4) is 0 Å². The Hall–Kier alpha value is -0.730. The third-order valence-electron chi connectivity index (χ3n) is 3.45. The van der Waals surface area contributed by atoms with Gasteiger partial charge in [-0.25, -0.2) is 0 Å². The van der Waals surface area contributed by atoms with Gasteiger partial charge in [-0.15, -0.1) is 0 Å². The largest absolute Gasteiger partial charge is 0.366 e. The number of hydrogen-bond donors (Lipinski definition) is 1. The first-order valence-corrected chi connectivity index (χ1v) is 6.72. The lowest BCUT2D eigenvalue weighted by molar-refractivity contribution is 0.524. The maximum atomic E-state index is 6.07. The summed E-state index contributed by atoms with van der Waals surface area (Å²) in [4.78, 5) is 2.53. The van der Waals surface area contributed by atoms with Crippen molar-refractivity contribution in [2.24, 2.45) is 0 Å². The molecule has 3 heteroatoms. The van der Waals surface area contributed by atoms with Crippen LogP contribution in [0.5, 0.6) is 0 Å². The predicted molar refractivity (Wildman–Crippen MR) is 75.1 cm³/mol. The number of hydrogen-bond acceptors (Lipinski definition) is 2. The van der Waals surface area contributed by atoms with Crippen molar-refractivity contribution in [1.29, 1.82) is 0 Å². The van der Waals surface area contributed by atoms with E-state index in [-0.39, 0.29) is 0 Å². The molecular weight excluding hydrogens is 232 g/mol. The van der Waals surface area contributed by atoms with Gasteiger partial charge in [-0.2, -0.15) is 0 Å². The number of anilines is 1. The second kappa shape index (κ2) is 5.28. The Balaban J connectivity index is 2.24. The zero-order valence-corrected chi connectivity index (χ0v) is 11.6. The Morgan fingerprint density at radius 3 is 2.88 bits per heavy atom. The van der Waals surface area contributed by atoms with Crippen LogP contribution in [0, 0.1) is 0 Å². The first-order valence-electron chi connectivity index (χ1n) is 6.35. The molecule has 17 heavy (non-hydrogen) atoms. The SMILES string of the molecule is CNCCC1Cc2cc(Cl)ccc2N1C(C)C. The fourth-order valence-corrected chi connectivity index (χ4v) is 2.96. The quantitative estimate of drug-likeness (QED) is 0.886. The van der Waals surface area contributed by atoms with Gasteiger partial charge in [-0.3, -0.25) is 0 Å². The van der Waals surface area contributed by atoms with Crippen molar-refractivity contribution in [2.45, 2.75) is 38.8 Å². The Kier molecular flexibility index (Phi) is 3.95. The third kappa shape index (κ3) is 2.58. The van der Waals surface area contributed by atoms with Crippen molar-refractivity contribution in [3.05, 3.63) is 28.8 Å². The van der Waals surface area contributed by atoms with Gasteiger partial charge < -0.3 is 10.2 Å². The Morgan fingerprint density at radius 2 is 2.24 bits per heavy atom. The van der Waals surface area contributed by atoms with Crippen molar-refractivity contribution >= 4 is 17.3 Å². The normalized spacial score (nSPS) is 18.9. The molecule has 1 atom stereocenters. The van der Waals surface area contributed by atoms with Crippen LogP contribution in [0.4, 0.5) is 5.69 Å². The van der Waals surface area contributed by atoms with E-state index in [0.717, 1.165) is 18.0 Å². The fourth-order valence-electron chi connectivity index (χ4n) is 2.77. The van der Waals surface area contributed by atoms with E-state index in [1.54, 1.807) is 0 Å². The lowest BCUT2D eigenvalue weighted by Gasteiger charge is -2.31. The molecule has 0 amide bonds. The van der Waals surface area contributed by atoms with Gasteiger partial charge in [0.1, 0.15) is 0 Å². The Morgan fingerprint density at radius 1 is 1.47 bits per heavy atom. The lowest BCUT2D eigenvalue weighted by atomic mass is 10.1. The van der Waals surface area contributed by atoms with Gasteiger partial charge in [0.25, 0.3) is 0 Å². The molecule has 0 saturated heterocycles. The molecule has 1 unspecified atom stereocenters. The average Bonchev–Trinajstić information content (AvgIpc) is 2.63. The molecule has 1 N–H and O–H groups in total. The van der Waals surface area contributed by atoms with Crippen LogP contribution >= 0.6 is 11.6 Å². The van der Waals surface area contributed by atoms with Crippen LogP contribution in [-0.2, 0) is 6.42 Å². The summed E-state index contributed by atoms with van der Waals surface area (Å²) in [6, 6.07) is 7.43. The Bertz CT molecular complexity index is 390. The molecule has 1 aromatic carbocycles. The molecule has 1 heterocycles. The molecule has 1 aliphatic heterocycles. The van der Waals surface area contributed by atoms with Crippen LogP contribution in [0.15, 0.2) is 18.2 Å². The van der Waals surface area contributed by atoms with E-state index in [0.29, 0.717) is 12.1 Å². The van der Waals surface area contributed by atoms with Crippen molar-refractivity contribution in [1.82, 2.24) is 5.32 Å². The van der Waals surface area contributed by atoms with Crippen LogP contribution in [0.25, 0.3) is 0 Å². The molecule has 94 valence electrons. The minimum absolute atomic E-state index is 0.541. The summed E-state index contributed by atoms with van der Waals surface area (Å²) in [5, 5.41) is 4.09. The molecule has 0 saturated carbocycles. The minimum Gasteiger partial charge on any atom is -0.366 e. The van der Waals surface area contributed by atoms with Gasteiger partial charge in [0, 0.05) is 22.8 Å². The smallest absolute Gasteiger partial charge is 0.0410 e. The highest BCUT2D eigenvalue weighted by atomic mass is 35.5. The second-order valence-corrected chi connectivity index (χ2v) is 5.46. The van der Waals surface area contributed by atoms with Crippen LogP contribution in [-0.4, -0.2) is 25.7 Å². The van der Waals surface area contributed by atoms with Crippen LogP contribution < -0.4 is 10.2 Å². The van der Waals surface area contributed by atoms with Gasteiger partial charge in [-0.1, -0.05) is 11.6 Å². The third-order valence-corrected chi connectivity index (χ3v) is 3.69. The highest BCUT2D eigenvalue weighted by Crippen LogP contribution is 2.36. The standard InChI is InChI=1S/C14H21ClN2/c1-10(2)17-13(6-7-16-3)9-11-8-12(15)4-5-14(11)17/h4-5,8,10,13,16H,6-7,9H2,1-3H3. The molecule has 2 nitrogen and oxygen atoms in total. The van der Waals surface area contributed by atoms with E-state index in [9.17, 15) is 0 Å². The average molecular weight is 253 g/mol. The number of nitrogens with zero attached hydrogens (tertiary/aromatic N) is 1. The molecule has 2 rings (SSSR count). The van der Waals surface area contributed by atoms with E-state index < -0.39 is 0 Å².